The molecule has 0 saturated carbocycles. The maximum absolute atomic E-state index is 13.7. The van der Waals surface area contributed by atoms with E-state index in [0.717, 1.165) is 22.0 Å². The Morgan fingerprint density at radius 3 is 2.75 bits per heavy atom. The van der Waals surface area contributed by atoms with Crippen LogP contribution >= 0.6 is 0 Å². The van der Waals surface area contributed by atoms with Gasteiger partial charge in [0, 0.05) is 49.7 Å². The summed E-state index contributed by atoms with van der Waals surface area (Å²) >= 11 is 0. The van der Waals surface area contributed by atoms with Gasteiger partial charge in [-0.25, -0.2) is 4.39 Å². The molecule has 5 nitrogen and oxygen atoms in total. The molecule has 1 aliphatic heterocycles. The highest BCUT2D eigenvalue weighted by Crippen LogP contribution is 2.37. The second-order valence-corrected chi connectivity index (χ2v) is 7.17. The number of halogens is 1. The first-order valence-electron chi connectivity index (χ1n) is 9.51. The smallest absolute Gasteiger partial charge is 0.254 e. The van der Waals surface area contributed by atoms with Crippen LogP contribution in [0.4, 0.5) is 4.39 Å². The van der Waals surface area contributed by atoms with Crippen LogP contribution in [0.5, 0.6) is 0 Å². The fraction of sp³-hybridized carbons (Fsp3) is 0.318. The van der Waals surface area contributed by atoms with Crippen molar-refractivity contribution in [2.45, 2.75) is 24.9 Å². The van der Waals surface area contributed by atoms with Gasteiger partial charge in [-0.1, -0.05) is 24.3 Å². The third-order valence-electron chi connectivity index (χ3n) is 5.41. The number of fused-ring (bicyclic) bond motifs is 1. The van der Waals surface area contributed by atoms with Gasteiger partial charge in [0.2, 0.25) is 0 Å². The largest absolute Gasteiger partial charge is 0.385 e. The Morgan fingerprint density at radius 1 is 1.18 bits per heavy atom. The Labute approximate surface area is 162 Å². The van der Waals surface area contributed by atoms with E-state index in [0.29, 0.717) is 39.0 Å². The van der Waals surface area contributed by atoms with Crippen molar-refractivity contribution in [2.24, 2.45) is 0 Å². The Balaban J connectivity index is 1.53. The van der Waals surface area contributed by atoms with Crippen molar-refractivity contribution >= 4 is 16.8 Å². The lowest BCUT2D eigenvalue weighted by Gasteiger charge is -2.33. The van der Waals surface area contributed by atoms with Crippen LogP contribution in [-0.4, -0.2) is 35.8 Å². The molecule has 1 aromatic heterocycles. The van der Waals surface area contributed by atoms with Gasteiger partial charge in [0.15, 0.2) is 0 Å². The fourth-order valence-corrected chi connectivity index (χ4v) is 3.87. The van der Waals surface area contributed by atoms with Gasteiger partial charge < -0.3 is 20.1 Å². The molecule has 1 aliphatic rings. The predicted molar refractivity (Wildman–Crippen MR) is 105 cm³/mol. The van der Waals surface area contributed by atoms with E-state index in [1.165, 1.54) is 12.1 Å². The van der Waals surface area contributed by atoms with Crippen molar-refractivity contribution in [1.29, 1.82) is 0 Å². The molecule has 0 aliphatic carbocycles. The number of benzene rings is 2. The first-order valence-corrected chi connectivity index (χ1v) is 9.51. The zero-order chi connectivity index (χ0) is 19.6. The molecule has 4 rings (SSSR count). The van der Waals surface area contributed by atoms with Gasteiger partial charge in [-0.05, 0) is 35.7 Å². The van der Waals surface area contributed by atoms with E-state index in [1.54, 1.807) is 12.1 Å². The van der Waals surface area contributed by atoms with E-state index in [9.17, 15) is 14.3 Å². The van der Waals surface area contributed by atoms with Crippen LogP contribution in [0.3, 0.4) is 0 Å². The summed E-state index contributed by atoms with van der Waals surface area (Å²) in [6, 6.07) is 11.8. The van der Waals surface area contributed by atoms with Crippen molar-refractivity contribution in [1.82, 2.24) is 10.3 Å². The molecule has 1 fully saturated rings. The molecule has 3 aromatic rings. The Morgan fingerprint density at radius 2 is 1.96 bits per heavy atom. The lowest BCUT2D eigenvalue weighted by Crippen LogP contribution is -2.33. The molecule has 0 atom stereocenters. The van der Waals surface area contributed by atoms with E-state index >= 15 is 0 Å². The summed E-state index contributed by atoms with van der Waals surface area (Å²) in [5, 5.41) is 14.9. The van der Waals surface area contributed by atoms with Gasteiger partial charge in [-0.15, -0.1) is 0 Å². The summed E-state index contributed by atoms with van der Waals surface area (Å²) in [6.45, 7) is 1.44. The lowest BCUT2D eigenvalue weighted by atomic mass is 9.83. The zero-order valence-corrected chi connectivity index (χ0v) is 15.5. The number of aromatic amines is 1. The first-order chi connectivity index (χ1) is 13.6. The van der Waals surface area contributed by atoms with Gasteiger partial charge in [0.05, 0.1) is 11.2 Å². The van der Waals surface area contributed by atoms with Gasteiger partial charge in [0.25, 0.3) is 5.91 Å². The molecular formula is C22H23FN2O3. The third-order valence-corrected chi connectivity index (χ3v) is 5.41. The molecular weight excluding hydrogens is 359 g/mol. The Kier molecular flexibility index (Phi) is 5.15. The number of hydrogen-bond acceptors (Lipinski definition) is 3. The average Bonchev–Trinajstić information content (AvgIpc) is 3.12. The number of amides is 1. The highest BCUT2D eigenvalue weighted by molar-refractivity contribution is 5.94. The van der Waals surface area contributed by atoms with Crippen LogP contribution in [0.1, 0.15) is 34.3 Å². The number of carbonyl (C=O) groups excluding carboxylic acids is 1. The minimum atomic E-state index is -0.912. The SMILES string of the molecule is O=C(NCCc1c[nH]c2cccc(C3(O)CCOCC3)c12)c1ccccc1F. The number of carbonyl (C=O) groups is 1. The Hall–Kier alpha value is -2.70. The van der Waals surface area contributed by atoms with E-state index in [2.05, 4.69) is 10.3 Å². The van der Waals surface area contributed by atoms with E-state index in [4.69, 9.17) is 4.74 Å². The van der Waals surface area contributed by atoms with Crippen LogP contribution in [0, 0.1) is 5.82 Å². The molecule has 28 heavy (non-hydrogen) atoms. The lowest BCUT2D eigenvalue weighted by molar-refractivity contribution is -0.0670. The predicted octanol–water partition coefficient (Wildman–Crippen LogP) is 3.28. The van der Waals surface area contributed by atoms with Gasteiger partial charge in [-0.3, -0.25) is 4.79 Å². The quantitative estimate of drug-likeness (QED) is 0.634. The minimum absolute atomic E-state index is 0.0404. The Bertz CT molecular complexity index is 992. The number of rotatable bonds is 5. The van der Waals surface area contributed by atoms with E-state index < -0.39 is 17.3 Å². The highest BCUT2D eigenvalue weighted by atomic mass is 19.1. The fourth-order valence-electron chi connectivity index (χ4n) is 3.87. The standard InChI is InChI=1S/C22H23FN2O3/c23-18-6-2-1-4-16(18)21(26)24-11-8-15-14-25-19-7-3-5-17(20(15)19)22(27)9-12-28-13-10-22/h1-7,14,25,27H,8-13H2,(H,24,26). The molecule has 6 heteroatoms. The summed E-state index contributed by atoms with van der Waals surface area (Å²) in [7, 11) is 0. The van der Waals surface area contributed by atoms with Gasteiger partial charge >= 0.3 is 0 Å². The molecule has 1 saturated heterocycles. The second-order valence-electron chi connectivity index (χ2n) is 7.17. The van der Waals surface area contributed by atoms with Crippen LogP contribution < -0.4 is 5.32 Å². The van der Waals surface area contributed by atoms with Crippen LogP contribution in [0.2, 0.25) is 0 Å². The van der Waals surface area contributed by atoms with Crippen LogP contribution in [0.25, 0.3) is 10.9 Å². The summed E-state index contributed by atoms with van der Waals surface area (Å²) < 4.78 is 19.2. The molecule has 0 spiro atoms. The molecule has 0 bridgehead atoms. The van der Waals surface area contributed by atoms with E-state index in [-0.39, 0.29) is 5.56 Å². The number of aliphatic hydroxyl groups is 1. The van der Waals surface area contributed by atoms with Crippen molar-refractivity contribution in [3.05, 3.63) is 71.2 Å². The van der Waals surface area contributed by atoms with Crippen molar-refractivity contribution in [2.75, 3.05) is 19.8 Å². The minimum Gasteiger partial charge on any atom is -0.385 e. The number of hydrogen-bond donors (Lipinski definition) is 3. The van der Waals surface area contributed by atoms with Crippen molar-refractivity contribution in [3.63, 3.8) is 0 Å². The molecule has 3 N–H and O–H groups in total. The van der Waals surface area contributed by atoms with Crippen molar-refractivity contribution in [3.8, 4) is 0 Å². The zero-order valence-electron chi connectivity index (χ0n) is 15.5. The molecule has 0 radical (unpaired) electrons. The summed E-state index contributed by atoms with van der Waals surface area (Å²) in [4.78, 5) is 15.5. The number of aromatic nitrogens is 1. The summed E-state index contributed by atoms with van der Waals surface area (Å²) in [5.74, 6) is -0.961. The van der Waals surface area contributed by atoms with Gasteiger partial charge in [0.1, 0.15) is 5.82 Å². The highest BCUT2D eigenvalue weighted by Gasteiger charge is 2.33. The van der Waals surface area contributed by atoms with E-state index in [1.807, 2.05) is 24.4 Å². The average molecular weight is 382 g/mol. The molecule has 2 aromatic carbocycles. The summed E-state index contributed by atoms with van der Waals surface area (Å²) in [6.07, 6.45) is 3.59. The number of H-pyrrole nitrogens is 1. The molecule has 2 heterocycles. The number of nitrogens with one attached hydrogen (secondary N) is 2. The normalized spacial score (nSPS) is 16.2. The third kappa shape index (κ3) is 3.53. The molecule has 0 unspecified atom stereocenters. The topological polar surface area (TPSA) is 74.4 Å². The first kappa shape index (κ1) is 18.7. The summed E-state index contributed by atoms with van der Waals surface area (Å²) in [5.41, 5.74) is 1.99. The second kappa shape index (κ2) is 7.73. The van der Waals surface area contributed by atoms with Gasteiger partial charge in [-0.2, -0.15) is 0 Å². The van der Waals surface area contributed by atoms with Crippen molar-refractivity contribution < 1.29 is 19.0 Å². The molecule has 1 amide bonds. The maximum Gasteiger partial charge on any atom is 0.254 e. The molecule has 146 valence electrons. The maximum atomic E-state index is 13.7. The van der Waals surface area contributed by atoms with Crippen LogP contribution in [0.15, 0.2) is 48.7 Å². The number of ether oxygens (including phenoxy) is 1. The monoisotopic (exact) mass is 382 g/mol. The van der Waals surface area contributed by atoms with Crippen LogP contribution in [-0.2, 0) is 16.8 Å².